The van der Waals surface area contributed by atoms with Gasteiger partial charge in [-0.3, -0.25) is 0 Å². The maximum atomic E-state index is 3.24. The molecule has 0 fully saturated rings. The Balaban J connectivity index is 2.86. The minimum Gasteiger partial charge on any atom is -0.361 e. The highest BCUT2D eigenvalue weighted by atomic mass is 14.7. The zero-order valence-electron chi connectivity index (χ0n) is 5.81. The third kappa shape index (κ3) is 0.711. The van der Waals surface area contributed by atoms with Crippen LogP contribution in [-0.4, -0.2) is 4.98 Å². The number of aryl methyl sites for hydroxylation is 1. The Labute approximate surface area is 59.7 Å². The van der Waals surface area contributed by atoms with E-state index in [9.17, 15) is 0 Å². The normalized spacial score (nSPS) is 10.5. The van der Waals surface area contributed by atoms with E-state index in [1.807, 2.05) is 19.2 Å². The number of rotatable bonds is 0. The fourth-order valence-electron chi connectivity index (χ4n) is 1.09. The van der Waals surface area contributed by atoms with E-state index in [1.165, 1.54) is 10.9 Å². The van der Waals surface area contributed by atoms with Gasteiger partial charge in [-0.05, 0) is 30.7 Å². The van der Waals surface area contributed by atoms with Crippen LogP contribution in [-0.2, 0) is 0 Å². The van der Waals surface area contributed by atoms with Gasteiger partial charge in [-0.2, -0.15) is 0 Å². The molecule has 1 heteroatoms. The summed E-state index contributed by atoms with van der Waals surface area (Å²) in [5, 5.41) is 1.17. The molecule has 0 unspecified atom stereocenters. The number of hydrogen-bond acceptors (Lipinski definition) is 0. The number of benzene rings is 1. The van der Waals surface area contributed by atoms with Crippen molar-refractivity contribution >= 4 is 10.9 Å². The fourth-order valence-corrected chi connectivity index (χ4v) is 1.09. The number of aromatic nitrogens is 1. The summed E-state index contributed by atoms with van der Waals surface area (Å²) in [5.74, 6) is 0. The van der Waals surface area contributed by atoms with Crippen molar-refractivity contribution in [2.45, 2.75) is 6.92 Å². The lowest BCUT2D eigenvalue weighted by Crippen LogP contribution is -1.70. The standard InChI is InChI=1S/C9H8N/c1-7-2-3-9-8(6-7)4-5-10-9/h2-5,10H,1H3. The fraction of sp³-hybridized carbons (Fsp3) is 0.111. The Morgan fingerprint density at radius 3 is 3.10 bits per heavy atom. The summed E-state index contributed by atoms with van der Waals surface area (Å²) >= 11 is 0. The first-order valence-corrected chi connectivity index (χ1v) is 3.32. The van der Waals surface area contributed by atoms with E-state index in [4.69, 9.17) is 0 Å². The molecule has 1 radical (unpaired) electrons. The first-order chi connectivity index (χ1) is 4.86. The van der Waals surface area contributed by atoms with Gasteiger partial charge in [0.1, 0.15) is 0 Å². The Morgan fingerprint density at radius 1 is 1.30 bits per heavy atom. The van der Waals surface area contributed by atoms with Crippen LogP contribution >= 0.6 is 0 Å². The van der Waals surface area contributed by atoms with Gasteiger partial charge >= 0.3 is 0 Å². The number of aromatic amines is 1. The van der Waals surface area contributed by atoms with Crippen molar-refractivity contribution in [2.75, 3.05) is 0 Å². The monoisotopic (exact) mass is 130 g/mol. The van der Waals surface area contributed by atoms with E-state index in [2.05, 4.69) is 23.2 Å². The molecule has 0 spiro atoms. The largest absolute Gasteiger partial charge is 0.361 e. The van der Waals surface area contributed by atoms with E-state index in [0.717, 1.165) is 5.52 Å². The van der Waals surface area contributed by atoms with Crippen LogP contribution in [0.5, 0.6) is 0 Å². The summed E-state index contributed by atoms with van der Waals surface area (Å²) in [6, 6.07) is 9.39. The van der Waals surface area contributed by atoms with Gasteiger partial charge in [-0.15, -0.1) is 0 Å². The molecule has 1 aromatic heterocycles. The maximum Gasteiger partial charge on any atom is 0.0460 e. The van der Waals surface area contributed by atoms with Crippen molar-refractivity contribution in [3.8, 4) is 0 Å². The lowest BCUT2D eigenvalue weighted by Gasteiger charge is -1.89. The first kappa shape index (κ1) is 5.54. The Bertz CT molecular complexity index is 346. The number of fused-ring (bicyclic) bond motifs is 1. The smallest absolute Gasteiger partial charge is 0.0460 e. The molecule has 0 bridgehead atoms. The molecule has 2 aromatic rings. The lowest BCUT2D eigenvalue weighted by molar-refractivity contribution is 1.45. The maximum absolute atomic E-state index is 3.24. The van der Waals surface area contributed by atoms with Crippen molar-refractivity contribution < 1.29 is 0 Å². The third-order valence-corrected chi connectivity index (χ3v) is 1.61. The summed E-state index contributed by atoms with van der Waals surface area (Å²) in [4.78, 5) is 3.12. The second-order valence-corrected chi connectivity index (χ2v) is 2.45. The van der Waals surface area contributed by atoms with E-state index >= 15 is 0 Å². The van der Waals surface area contributed by atoms with Crippen LogP contribution in [0, 0.1) is 13.0 Å². The Hall–Kier alpha value is -1.24. The Kier molecular flexibility index (Phi) is 1.04. The number of nitrogens with one attached hydrogen (secondary N) is 1. The molecule has 0 amide bonds. The van der Waals surface area contributed by atoms with Crippen molar-refractivity contribution in [3.05, 3.63) is 36.0 Å². The van der Waals surface area contributed by atoms with Gasteiger partial charge in [0, 0.05) is 17.1 Å². The second-order valence-electron chi connectivity index (χ2n) is 2.45. The van der Waals surface area contributed by atoms with E-state index < -0.39 is 0 Å². The third-order valence-electron chi connectivity index (χ3n) is 1.61. The molecule has 1 heterocycles. The van der Waals surface area contributed by atoms with Crippen molar-refractivity contribution in [1.29, 1.82) is 0 Å². The van der Waals surface area contributed by atoms with Crippen LogP contribution in [0.2, 0.25) is 0 Å². The molecular formula is C9H8N. The number of H-pyrrole nitrogens is 1. The van der Waals surface area contributed by atoms with E-state index in [1.54, 1.807) is 0 Å². The zero-order chi connectivity index (χ0) is 6.97. The molecule has 0 saturated carbocycles. The number of hydrogen-bond donors (Lipinski definition) is 1. The molecule has 1 N–H and O–H groups in total. The zero-order valence-corrected chi connectivity index (χ0v) is 5.81. The van der Waals surface area contributed by atoms with Crippen molar-refractivity contribution in [3.63, 3.8) is 0 Å². The SMILES string of the molecule is Cc1[c]c2cc[nH]c2cc1. The molecule has 0 saturated heterocycles. The van der Waals surface area contributed by atoms with Crippen LogP contribution in [0.1, 0.15) is 5.56 Å². The van der Waals surface area contributed by atoms with Crippen LogP contribution in [0.15, 0.2) is 24.4 Å². The van der Waals surface area contributed by atoms with Gasteiger partial charge in [-0.25, -0.2) is 0 Å². The quantitative estimate of drug-likeness (QED) is 0.563. The molecule has 1 nitrogen and oxygen atoms in total. The predicted octanol–water partition coefficient (Wildman–Crippen LogP) is 2.28. The molecular weight excluding hydrogens is 122 g/mol. The average molecular weight is 130 g/mol. The van der Waals surface area contributed by atoms with Crippen LogP contribution in [0.3, 0.4) is 0 Å². The molecule has 0 aliphatic heterocycles. The van der Waals surface area contributed by atoms with Crippen LogP contribution < -0.4 is 0 Å². The summed E-state index contributed by atoms with van der Waals surface area (Å²) in [6.45, 7) is 2.05. The Morgan fingerprint density at radius 2 is 2.20 bits per heavy atom. The average Bonchev–Trinajstić information content (AvgIpc) is 2.33. The first-order valence-electron chi connectivity index (χ1n) is 3.32. The highest BCUT2D eigenvalue weighted by molar-refractivity contribution is 5.79. The highest BCUT2D eigenvalue weighted by Crippen LogP contribution is 2.11. The summed E-state index contributed by atoms with van der Waals surface area (Å²) in [6.07, 6.45) is 1.93. The van der Waals surface area contributed by atoms with E-state index in [-0.39, 0.29) is 0 Å². The van der Waals surface area contributed by atoms with E-state index in [0.29, 0.717) is 0 Å². The minimum atomic E-state index is 1.16. The van der Waals surface area contributed by atoms with Gasteiger partial charge < -0.3 is 4.98 Å². The predicted molar refractivity (Wildman–Crippen MR) is 41.9 cm³/mol. The highest BCUT2D eigenvalue weighted by Gasteiger charge is 1.91. The van der Waals surface area contributed by atoms with Crippen LogP contribution in [0.25, 0.3) is 10.9 Å². The van der Waals surface area contributed by atoms with Crippen molar-refractivity contribution in [2.24, 2.45) is 0 Å². The second kappa shape index (κ2) is 1.87. The van der Waals surface area contributed by atoms with Gasteiger partial charge in [0.2, 0.25) is 0 Å². The topological polar surface area (TPSA) is 15.8 Å². The molecule has 49 valence electrons. The summed E-state index contributed by atoms with van der Waals surface area (Å²) in [7, 11) is 0. The lowest BCUT2D eigenvalue weighted by atomic mass is 10.2. The molecule has 2 rings (SSSR count). The van der Waals surface area contributed by atoms with Gasteiger partial charge in [0.15, 0.2) is 0 Å². The summed E-state index contributed by atoms with van der Waals surface area (Å²) < 4.78 is 0. The van der Waals surface area contributed by atoms with Gasteiger partial charge in [0.25, 0.3) is 0 Å². The summed E-state index contributed by atoms with van der Waals surface area (Å²) in [5.41, 5.74) is 2.35. The van der Waals surface area contributed by atoms with Crippen LogP contribution in [0.4, 0.5) is 0 Å². The molecule has 1 aromatic carbocycles. The molecule has 10 heavy (non-hydrogen) atoms. The molecule has 0 atom stereocenters. The molecule has 0 aliphatic rings. The van der Waals surface area contributed by atoms with Gasteiger partial charge in [0.05, 0.1) is 0 Å². The van der Waals surface area contributed by atoms with Crippen molar-refractivity contribution in [1.82, 2.24) is 4.98 Å². The molecule has 0 aliphatic carbocycles. The minimum absolute atomic E-state index is 1.16. The van der Waals surface area contributed by atoms with Gasteiger partial charge in [-0.1, -0.05) is 6.07 Å².